The lowest BCUT2D eigenvalue weighted by molar-refractivity contribution is -0.129. The van der Waals surface area contributed by atoms with Gasteiger partial charge in [-0.3, -0.25) is 9.89 Å². The van der Waals surface area contributed by atoms with Crippen LogP contribution in [0.25, 0.3) is 11.4 Å². The summed E-state index contributed by atoms with van der Waals surface area (Å²) in [4.78, 5) is 20.1. The number of rotatable bonds is 5. The molecule has 1 fully saturated rings. The van der Waals surface area contributed by atoms with Gasteiger partial charge in [0, 0.05) is 11.4 Å². The highest BCUT2D eigenvalue weighted by Crippen LogP contribution is 2.35. The fraction of sp³-hybridized carbons (Fsp3) is 0.278. The summed E-state index contributed by atoms with van der Waals surface area (Å²) in [7, 11) is 0. The molecular formula is C18H17FN4OS2. The third kappa shape index (κ3) is 3.52. The SMILES string of the molecule is O=C(CSc1n[nH]c(-c2ccccc2F)n1)N1CCC[C@H]1c1cccs1. The van der Waals surface area contributed by atoms with Gasteiger partial charge in [-0.1, -0.05) is 30.0 Å². The number of likely N-dealkylation sites (tertiary alicyclic amines) is 1. The maximum absolute atomic E-state index is 13.8. The molecule has 5 nitrogen and oxygen atoms in total. The molecule has 0 aliphatic carbocycles. The molecule has 0 unspecified atom stereocenters. The Bertz CT molecular complexity index is 896. The normalized spacial score (nSPS) is 17.0. The van der Waals surface area contributed by atoms with E-state index in [9.17, 15) is 9.18 Å². The minimum Gasteiger partial charge on any atom is -0.334 e. The molecule has 8 heteroatoms. The van der Waals surface area contributed by atoms with E-state index in [4.69, 9.17) is 0 Å². The first-order chi connectivity index (χ1) is 12.7. The first-order valence-electron chi connectivity index (χ1n) is 8.35. The number of aromatic nitrogens is 3. The molecule has 2 aromatic heterocycles. The molecule has 26 heavy (non-hydrogen) atoms. The van der Waals surface area contributed by atoms with E-state index in [2.05, 4.69) is 21.2 Å². The van der Waals surface area contributed by atoms with Crippen molar-refractivity contribution < 1.29 is 9.18 Å². The number of thioether (sulfide) groups is 1. The maximum Gasteiger partial charge on any atom is 0.233 e. The summed E-state index contributed by atoms with van der Waals surface area (Å²) in [6.45, 7) is 0.788. The monoisotopic (exact) mass is 388 g/mol. The smallest absolute Gasteiger partial charge is 0.233 e. The Labute approximate surface area is 158 Å². The standard InChI is InChI=1S/C18H17FN4OS2/c19-13-6-2-1-5-12(13)17-20-18(22-21-17)26-11-16(24)23-9-3-7-14(23)15-8-4-10-25-15/h1-2,4-6,8,10,14H,3,7,9,11H2,(H,20,21,22)/t14-/m0/s1. The van der Waals surface area contributed by atoms with Gasteiger partial charge >= 0.3 is 0 Å². The number of halogens is 1. The summed E-state index contributed by atoms with van der Waals surface area (Å²) in [6, 6.07) is 10.7. The third-order valence-electron chi connectivity index (χ3n) is 4.36. The van der Waals surface area contributed by atoms with Crippen LogP contribution >= 0.6 is 23.1 Å². The van der Waals surface area contributed by atoms with Crippen LogP contribution in [0.1, 0.15) is 23.8 Å². The van der Waals surface area contributed by atoms with Gasteiger partial charge in [0.2, 0.25) is 11.1 Å². The molecule has 1 aromatic carbocycles. The van der Waals surface area contributed by atoms with Crippen LogP contribution in [-0.2, 0) is 4.79 Å². The predicted molar refractivity (Wildman–Crippen MR) is 101 cm³/mol. The zero-order valence-corrected chi connectivity index (χ0v) is 15.5. The van der Waals surface area contributed by atoms with E-state index >= 15 is 0 Å². The molecule has 0 saturated carbocycles. The minimum absolute atomic E-state index is 0.0862. The first kappa shape index (κ1) is 17.2. The Kier molecular flexibility index (Phi) is 5.03. The number of carbonyl (C=O) groups is 1. The molecule has 0 spiro atoms. The van der Waals surface area contributed by atoms with E-state index in [0.29, 0.717) is 16.5 Å². The summed E-state index contributed by atoms with van der Waals surface area (Å²) < 4.78 is 13.8. The number of H-pyrrole nitrogens is 1. The van der Waals surface area contributed by atoms with E-state index < -0.39 is 0 Å². The van der Waals surface area contributed by atoms with E-state index in [0.717, 1.165) is 19.4 Å². The van der Waals surface area contributed by atoms with Gasteiger partial charge in [-0.15, -0.1) is 16.4 Å². The molecule has 0 radical (unpaired) electrons. The van der Waals surface area contributed by atoms with Crippen molar-refractivity contribution in [1.29, 1.82) is 0 Å². The number of benzene rings is 1. The Morgan fingerprint density at radius 3 is 3.04 bits per heavy atom. The molecule has 1 atom stereocenters. The van der Waals surface area contributed by atoms with Gasteiger partial charge in [0.1, 0.15) is 5.82 Å². The maximum atomic E-state index is 13.8. The average Bonchev–Trinajstić information content (AvgIpc) is 3.40. The van der Waals surface area contributed by atoms with E-state index in [1.807, 2.05) is 16.3 Å². The van der Waals surface area contributed by atoms with Crippen LogP contribution in [0.15, 0.2) is 46.9 Å². The van der Waals surface area contributed by atoms with E-state index in [-0.39, 0.29) is 23.5 Å². The highest BCUT2D eigenvalue weighted by molar-refractivity contribution is 7.99. The Hall–Kier alpha value is -2.19. The molecule has 3 heterocycles. The molecular weight excluding hydrogens is 371 g/mol. The fourth-order valence-electron chi connectivity index (χ4n) is 3.14. The van der Waals surface area contributed by atoms with Crippen molar-refractivity contribution in [3.8, 4) is 11.4 Å². The van der Waals surface area contributed by atoms with Crippen molar-refractivity contribution in [1.82, 2.24) is 20.1 Å². The van der Waals surface area contributed by atoms with Crippen LogP contribution in [-0.4, -0.2) is 38.3 Å². The lowest BCUT2D eigenvalue weighted by atomic mass is 10.2. The quantitative estimate of drug-likeness (QED) is 0.668. The number of carbonyl (C=O) groups excluding carboxylic acids is 1. The number of aromatic amines is 1. The molecule has 4 rings (SSSR count). The predicted octanol–water partition coefficient (Wildman–Crippen LogP) is 4.13. The van der Waals surface area contributed by atoms with Crippen molar-refractivity contribution in [3.05, 3.63) is 52.5 Å². The van der Waals surface area contributed by atoms with Crippen LogP contribution < -0.4 is 0 Å². The summed E-state index contributed by atoms with van der Waals surface area (Å²) in [6.07, 6.45) is 2.03. The summed E-state index contributed by atoms with van der Waals surface area (Å²) in [5.41, 5.74) is 0.371. The third-order valence-corrected chi connectivity index (χ3v) is 6.17. The van der Waals surface area contributed by atoms with Crippen LogP contribution in [0.2, 0.25) is 0 Å². The first-order valence-corrected chi connectivity index (χ1v) is 10.2. The van der Waals surface area contributed by atoms with Gasteiger partial charge < -0.3 is 4.90 Å². The molecule has 1 saturated heterocycles. The van der Waals surface area contributed by atoms with E-state index in [1.165, 1.54) is 22.7 Å². The second kappa shape index (κ2) is 7.59. The van der Waals surface area contributed by atoms with Gasteiger partial charge in [0.05, 0.1) is 17.4 Å². The Morgan fingerprint density at radius 2 is 2.23 bits per heavy atom. The largest absolute Gasteiger partial charge is 0.334 e. The Balaban J connectivity index is 1.40. The topological polar surface area (TPSA) is 61.9 Å². The highest BCUT2D eigenvalue weighted by atomic mass is 32.2. The van der Waals surface area contributed by atoms with Crippen molar-refractivity contribution in [2.45, 2.75) is 24.0 Å². The lowest BCUT2D eigenvalue weighted by Gasteiger charge is -2.23. The Morgan fingerprint density at radius 1 is 1.35 bits per heavy atom. The number of thiophene rings is 1. The number of hydrogen-bond acceptors (Lipinski definition) is 5. The molecule has 1 N–H and O–H groups in total. The molecule has 1 aliphatic heterocycles. The molecule has 1 aliphatic rings. The van der Waals surface area contributed by atoms with Gasteiger partial charge in [-0.2, -0.15) is 0 Å². The van der Waals surface area contributed by atoms with Gasteiger partial charge in [0.15, 0.2) is 5.82 Å². The second-order valence-corrected chi connectivity index (χ2v) is 7.92. The van der Waals surface area contributed by atoms with Crippen molar-refractivity contribution in [3.63, 3.8) is 0 Å². The number of hydrogen-bond donors (Lipinski definition) is 1. The second-order valence-electron chi connectivity index (χ2n) is 6.00. The van der Waals surface area contributed by atoms with Crippen LogP contribution in [0.3, 0.4) is 0 Å². The van der Waals surface area contributed by atoms with E-state index in [1.54, 1.807) is 29.5 Å². The average molecular weight is 388 g/mol. The van der Waals surface area contributed by atoms with Crippen molar-refractivity contribution >= 4 is 29.0 Å². The van der Waals surface area contributed by atoms with Crippen LogP contribution in [0.4, 0.5) is 4.39 Å². The van der Waals surface area contributed by atoms with Gasteiger partial charge in [-0.05, 0) is 36.4 Å². The zero-order valence-electron chi connectivity index (χ0n) is 13.9. The summed E-state index contributed by atoms with van der Waals surface area (Å²) in [5.74, 6) is 0.377. The van der Waals surface area contributed by atoms with Crippen molar-refractivity contribution in [2.24, 2.45) is 0 Å². The molecule has 1 amide bonds. The summed E-state index contributed by atoms with van der Waals surface area (Å²) >= 11 is 2.96. The minimum atomic E-state index is -0.355. The van der Waals surface area contributed by atoms with Gasteiger partial charge in [-0.25, -0.2) is 9.37 Å². The molecule has 3 aromatic rings. The number of nitrogens with one attached hydrogen (secondary N) is 1. The molecule has 134 valence electrons. The highest BCUT2D eigenvalue weighted by Gasteiger charge is 2.30. The van der Waals surface area contributed by atoms with Crippen LogP contribution in [0, 0.1) is 5.82 Å². The van der Waals surface area contributed by atoms with Crippen LogP contribution in [0.5, 0.6) is 0 Å². The summed E-state index contributed by atoms with van der Waals surface area (Å²) in [5, 5.41) is 9.33. The number of nitrogens with zero attached hydrogens (tertiary/aromatic N) is 3. The molecule has 0 bridgehead atoms. The lowest BCUT2D eigenvalue weighted by Crippen LogP contribution is -2.31. The fourth-order valence-corrected chi connectivity index (χ4v) is 4.69. The number of amides is 1. The zero-order chi connectivity index (χ0) is 17.9. The van der Waals surface area contributed by atoms with Gasteiger partial charge in [0.25, 0.3) is 0 Å². The van der Waals surface area contributed by atoms with Crippen molar-refractivity contribution in [2.75, 3.05) is 12.3 Å².